The summed E-state index contributed by atoms with van der Waals surface area (Å²) in [5.74, 6) is 0. The van der Waals surface area contributed by atoms with Crippen LogP contribution >= 0.6 is 0 Å². The van der Waals surface area contributed by atoms with Gasteiger partial charge in [0.2, 0.25) is 0 Å². The Morgan fingerprint density at radius 1 is 1.00 bits per heavy atom. The van der Waals surface area contributed by atoms with E-state index in [0.717, 1.165) is 0 Å². The Kier molecular flexibility index (Phi) is 214. The van der Waals surface area contributed by atoms with Crippen LogP contribution in [0.25, 0.3) is 0 Å². The molecule has 0 saturated heterocycles. The van der Waals surface area contributed by atoms with Gasteiger partial charge in [-0.1, -0.05) is 0 Å². The summed E-state index contributed by atoms with van der Waals surface area (Å²) in [5, 5.41) is 5.00. The maximum absolute atomic E-state index is 3.24. The van der Waals surface area contributed by atoms with Gasteiger partial charge in [-0.05, 0) is 14.1 Å². The van der Waals surface area contributed by atoms with Crippen molar-refractivity contribution in [1.82, 2.24) is 10.6 Å². The van der Waals surface area contributed by atoms with Crippen LogP contribution in [0.5, 0.6) is 0 Å². The Labute approximate surface area is 39.9 Å². The average Bonchev–Trinajstić information content (AvgIpc) is 1.39. The summed E-state index contributed by atoms with van der Waals surface area (Å²) < 4.78 is 0. The van der Waals surface area contributed by atoms with E-state index in [1.54, 1.807) is 14.1 Å². The van der Waals surface area contributed by atoms with Crippen molar-refractivity contribution >= 4 is 0 Å². The van der Waals surface area contributed by atoms with Crippen LogP contribution in [0.2, 0.25) is 0 Å². The van der Waals surface area contributed by atoms with E-state index in [1.807, 2.05) is 0 Å². The average molecular weight is 355 g/mol. The first kappa shape index (κ1) is 16.8. The molecule has 0 spiro atoms. The number of rotatable bonds is 0. The molecule has 2 N–H and O–H groups in total. The standard InChI is InChI=1S/2C2H6N.Rf/c2*1-3-2;/h2*3H,1H2,2H3;/q2*-1;. The van der Waals surface area contributed by atoms with Crippen LogP contribution in [0.15, 0.2) is 0 Å². The molecule has 0 radical (unpaired) electrons. The van der Waals surface area contributed by atoms with Gasteiger partial charge in [0.05, 0.1) is 0 Å². The van der Waals surface area contributed by atoms with E-state index >= 15 is 0 Å². The van der Waals surface area contributed by atoms with Crippen LogP contribution in [-0.4, -0.2) is 14.1 Å². The van der Waals surface area contributed by atoms with E-state index in [-0.39, 0.29) is 0 Å². The second-order valence-corrected chi connectivity index (χ2v) is 0.707. The Morgan fingerprint density at radius 3 is 1.00 bits per heavy atom. The van der Waals surface area contributed by atoms with Crippen LogP contribution in [0.1, 0.15) is 0 Å². The van der Waals surface area contributed by atoms with Crippen LogP contribution in [-0.2, 0) is 0 Å². The van der Waals surface area contributed by atoms with Crippen molar-refractivity contribution < 1.29 is 0 Å². The molecule has 0 fully saturated rings. The van der Waals surface area contributed by atoms with E-state index in [1.165, 1.54) is 0 Å². The minimum absolute atomic E-state index is 0. The molecule has 0 bridgehead atoms. The van der Waals surface area contributed by atoms with Gasteiger partial charge in [-0.15, -0.1) is 0 Å². The molecular weight excluding hydrogens is 343 g/mol. The topological polar surface area (TPSA) is 24.1 Å². The summed E-state index contributed by atoms with van der Waals surface area (Å²) in [6.45, 7) is 0. The molecule has 0 aliphatic heterocycles. The Hall–Kier alpha value is -1.08. The molecule has 0 atom stereocenters. The second-order valence-electron chi connectivity index (χ2n) is 0.707. The normalized spacial score (nSPS) is 5.14. The summed E-state index contributed by atoms with van der Waals surface area (Å²) in [5.41, 5.74) is 0. The van der Waals surface area contributed by atoms with E-state index in [2.05, 4.69) is 24.7 Å². The molecule has 0 unspecified atom stereocenters. The fourth-order valence-electron chi connectivity index (χ4n) is 0. The number of hydrogen-bond acceptors (Lipinski definition) is 2. The van der Waals surface area contributed by atoms with Gasteiger partial charge in [-0.2, -0.15) is 0 Å². The number of hydrogen-bond donors (Lipinski definition) is 2. The van der Waals surface area contributed by atoms with Crippen molar-refractivity contribution in [3.8, 4) is 0 Å². The van der Waals surface area contributed by atoms with Crippen molar-refractivity contribution in [1.29, 1.82) is 0 Å². The third-order valence-electron chi connectivity index (χ3n) is 0. The molecule has 2 nitrogen and oxygen atoms in total. The molecule has 0 amide bonds. The minimum atomic E-state index is 0. The molecule has 0 aliphatic carbocycles. The van der Waals surface area contributed by atoms with Crippen LogP contribution in [0.3, 0.4) is 0 Å². The van der Waals surface area contributed by atoms with Crippen LogP contribution in [0, 0.1) is 14.1 Å². The Balaban J connectivity index is -0.0000000400. The van der Waals surface area contributed by atoms with Gasteiger partial charge in [0.25, 0.3) is 0 Å². The second kappa shape index (κ2) is 89.3. The van der Waals surface area contributed by atoms with Gasteiger partial charge in [-0.3, -0.25) is 14.1 Å². The molecule has 7 heavy (non-hydrogen) atoms. The van der Waals surface area contributed by atoms with Crippen molar-refractivity contribution in [3.63, 3.8) is 0 Å². The van der Waals surface area contributed by atoms with Crippen molar-refractivity contribution in [2.75, 3.05) is 14.1 Å². The predicted molar refractivity (Wildman–Crippen MR) is 28.8 cm³/mol. The number of nitrogens with one attached hydrogen (secondary N) is 2. The van der Waals surface area contributed by atoms with Gasteiger partial charge in [0, 0.05) is 0 Å². The smallest absolute Gasteiger partial charge is 0 e. The van der Waals surface area contributed by atoms with E-state index < -0.39 is 0 Å². The maximum Gasteiger partial charge on any atom is 0 e. The summed E-state index contributed by atoms with van der Waals surface area (Å²) >= 11 is 0. The zero-order valence-electron chi connectivity index (χ0n) is 5.12. The molecule has 0 aromatic carbocycles. The first-order valence-electron chi connectivity index (χ1n) is 1.71. The third kappa shape index (κ3) is 36.0. The quantitative estimate of drug-likeness (QED) is 0.598. The zero-order valence-corrected chi connectivity index (χ0v) is 11.5. The summed E-state index contributed by atoms with van der Waals surface area (Å²) in [7, 11) is 10.0. The largest absolute Gasteiger partial charge is 0.475 e. The molecule has 0 saturated carbocycles. The molecule has 0 rings (SSSR count). The van der Waals surface area contributed by atoms with Crippen LogP contribution in [0.4, 0.5) is 0 Å². The van der Waals surface area contributed by atoms with Gasteiger partial charge in [0.15, 0.2) is 0 Å². The molecule has 0 aromatic rings. The zero-order chi connectivity index (χ0) is 5.41. The minimum Gasteiger partial charge on any atom is -0.475 e. The fraction of sp³-hybridized carbons (Fsp3) is 0.500. The SMILES string of the molecule is [CH2-]NC.[CH2-]NC.[Rf]. The fourth-order valence-corrected chi connectivity index (χ4v) is 0. The molecule has 0 aromatic heterocycles. The Bertz CT molecular complexity index is 11.7. The van der Waals surface area contributed by atoms with Crippen molar-refractivity contribution in [3.05, 3.63) is 14.1 Å². The van der Waals surface area contributed by atoms with Gasteiger partial charge >= 0.3 is 0 Å². The molecular formula is C4H12N2Rf-2. The van der Waals surface area contributed by atoms with Crippen LogP contribution < -0.4 is 10.6 Å². The Morgan fingerprint density at radius 2 is 1.00 bits per heavy atom. The summed E-state index contributed by atoms with van der Waals surface area (Å²) in [6, 6.07) is 0. The van der Waals surface area contributed by atoms with Crippen molar-refractivity contribution in [2.24, 2.45) is 0 Å². The monoisotopic (exact) mass is 355 g/mol. The maximum atomic E-state index is 3.24. The summed E-state index contributed by atoms with van der Waals surface area (Å²) in [6.07, 6.45) is 0. The van der Waals surface area contributed by atoms with Gasteiger partial charge in [0.1, 0.15) is 0 Å². The van der Waals surface area contributed by atoms with E-state index in [9.17, 15) is 0 Å². The summed E-state index contributed by atoms with van der Waals surface area (Å²) in [4.78, 5) is 0. The molecule has 0 aliphatic rings. The first-order valence-corrected chi connectivity index (χ1v) is 1.71. The van der Waals surface area contributed by atoms with Crippen molar-refractivity contribution in [2.45, 2.75) is 0 Å². The van der Waals surface area contributed by atoms with Gasteiger partial charge in [-0.25, -0.2) is 0 Å². The molecule has 3 heteroatoms. The molecule has 0 heterocycles. The molecule has 42 valence electrons. The van der Waals surface area contributed by atoms with E-state index in [0.29, 0.717) is 0 Å². The third-order valence-corrected chi connectivity index (χ3v) is 0. The van der Waals surface area contributed by atoms with E-state index in [4.69, 9.17) is 0 Å². The first-order chi connectivity index (χ1) is 2.83. The predicted octanol–water partition coefficient (Wildman–Crippen LogP) is -0.00522. The van der Waals surface area contributed by atoms with Gasteiger partial charge < -0.3 is 10.6 Å².